The highest BCUT2D eigenvalue weighted by Crippen LogP contribution is 2.32. The van der Waals surface area contributed by atoms with Crippen LogP contribution in [-0.4, -0.2) is 34.8 Å². The second kappa shape index (κ2) is 9.76. The fourth-order valence-electron chi connectivity index (χ4n) is 4.63. The fraction of sp³-hybridized carbons (Fsp3) is 0.444. The van der Waals surface area contributed by atoms with E-state index in [1.165, 1.54) is 12.1 Å². The normalized spacial score (nSPS) is 18.5. The largest absolute Gasteiger partial charge is 0.444 e. The molecule has 1 fully saturated rings. The molecule has 0 aliphatic carbocycles. The number of nitrogens with zero attached hydrogens (tertiary/aromatic N) is 3. The Balaban J connectivity index is 1.63. The number of pyridine rings is 2. The third kappa shape index (κ3) is 6.05. The SMILES string of the molecule is C[C@@H]1C[C@H](C)CN(c2cc(F)cc(-c3ccc4cnc(CNC(=O)OC(C)(C)C)cc4c3F)n2)C1. The molecule has 35 heavy (non-hydrogen) atoms. The first-order valence-corrected chi connectivity index (χ1v) is 12.0. The monoisotopic (exact) mass is 482 g/mol. The summed E-state index contributed by atoms with van der Waals surface area (Å²) in [6.07, 6.45) is 2.10. The number of alkyl carbamates (subject to hydrolysis) is 1. The fourth-order valence-corrected chi connectivity index (χ4v) is 4.63. The first-order chi connectivity index (χ1) is 16.5. The van der Waals surface area contributed by atoms with Crippen LogP contribution in [0.2, 0.25) is 0 Å². The zero-order valence-electron chi connectivity index (χ0n) is 20.9. The maximum Gasteiger partial charge on any atom is 0.407 e. The first kappa shape index (κ1) is 24.8. The van der Waals surface area contributed by atoms with Crippen LogP contribution < -0.4 is 10.2 Å². The van der Waals surface area contributed by atoms with E-state index in [9.17, 15) is 9.18 Å². The number of hydrogen-bond acceptors (Lipinski definition) is 5. The van der Waals surface area contributed by atoms with Gasteiger partial charge in [0.2, 0.25) is 0 Å². The number of carbonyl (C=O) groups excluding carboxylic acids is 1. The third-order valence-electron chi connectivity index (χ3n) is 5.95. The van der Waals surface area contributed by atoms with Gasteiger partial charge in [-0.1, -0.05) is 19.9 Å². The number of hydrogen-bond donors (Lipinski definition) is 1. The molecule has 1 aromatic carbocycles. The van der Waals surface area contributed by atoms with Gasteiger partial charge in [-0.25, -0.2) is 18.6 Å². The molecule has 186 valence electrons. The van der Waals surface area contributed by atoms with Crippen LogP contribution in [-0.2, 0) is 11.3 Å². The van der Waals surface area contributed by atoms with Crippen molar-refractivity contribution < 1.29 is 18.3 Å². The molecule has 1 aliphatic rings. The zero-order chi connectivity index (χ0) is 25.3. The molecule has 1 amide bonds. The molecule has 4 rings (SSSR count). The smallest absolute Gasteiger partial charge is 0.407 e. The molecule has 0 spiro atoms. The summed E-state index contributed by atoms with van der Waals surface area (Å²) in [7, 11) is 0. The highest BCUT2D eigenvalue weighted by molar-refractivity contribution is 5.87. The van der Waals surface area contributed by atoms with Gasteiger partial charge in [-0.15, -0.1) is 0 Å². The van der Waals surface area contributed by atoms with Crippen LogP contribution in [0, 0.1) is 23.5 Å². The minimum atomic E-state index is -0.622. The molecular weight excluding hydrogens is 450 g/mol. The van der Waals surface area contributed by atoms with E-state index in [0.29, 0.717) is 34.1 Å². The van der Waals surface area contributed by atoms with Gasteiger partial charge in [0.15, 0.2) is 0 Å². The van der Waals surface area contributed by atoms with E-state index in [1.807, 2.05) is 0 Å². The van der Waals surface area contributed by atoms with Gasteiger partial charge in [-0.2, -0.15) is 0 Å². The number of benzene rings is 1. The van der Waals surface area contributed by atoms with E-state index in [2.05, 4.69) is 34.0 Å². The van der Waals surface area contributed by atoms with E-state index in [4.69, 9.17) is 4.74 Å². The summed E-state index contributed by atoms with van der Waals surface area (Å²) in [5.41, 5.74) is 0.316. The molecule has 0 bridgehead atoms. The lowest BCUT2D eigenvalue weighted by Gasteiger charge is -2.36. The van der Waals surface area contributed by atoms with Crippen LogP contribution in [0.4, 0.5) is 19.4 Å². The number of nitrogens with one attached hydrogen (secondary N) is 1. The van der Waals surface area contributed by atoms with Crippen LogP contribution in [0.15, 0.2) is 36.5 Å². The van der Waals surface area contributed by atoms with Crippen molar-refractivity contribution in [3.63, 3.8) is 0 Å². The number of ether oxygens (including phenoxy) is 1. The molecule has 1 saturated heterocycles. The van der Waals surface area contributed by atoms with Gasteiger partial charge in [0, 0.05) is 47.8 Å². The lowest BCUT2D eigenvalue weighted by atomic mass is 9.92. The van der Waals surface area contributed by atoms with Crippen molar-refractivity contribution in [1.29, 1.82) is 0 Å². The summed E-state index contributed by atoms with van der Waals surface area (Å²) in [6.45, 7) is 11.3. The molecule has 0 unspecified atom stereocenters. The molecule has 6 nitrogen and oxygen atoms in total. The minimum absolute atomic E-state index is 0.0855. The Hall–Kier alpha value is -3.29. The summed E-state index contributed by atoms with van der Waals surface area (Å²) in [5.74, 6) is 0.518. The highest BCUT2D eigenvalue weighted by atomic mass is 19.1. The molecule has 1 aliphatic heterocycles. The molecule has 8 heteroatoms. The van der Waals surface area contributed by atoms with E-state index in [-0.39, 0.29) is 17.8 Å². The summed E-state index contributed by atoms with van der Waals surface area (Å²) < 4.78 is 35.5. The van der Waals surface area contributed by atoms with Crippen molar-refractivity contribution in [2.45, 2.75) is 53.2 Å². The molecule has 0 saturated carbocycles. The standard InChI is InChI=1S/C27H32F2N4O2/c1-16-8-17(2)15-33(14-16)24-10-19(28)9-23(32-24)21-7-6-18-12-30-20(11-22(18)25(21)29)13-31-26(34)35-27(3,4)5/h6-7,9-12,16-17H,8,13-15H2,1-5H3,(H,31,34)/t16-,17+. The molecule has 2 aromatic heterocycles. The van der Waals surface area contributed by atoms with Gasteiger partial charge in [0.25, 0.3) is 0 Å². The van der Waals surface area contributed by atoms with Crippen molar-refractivity contribution in [2.75, 3.05) is 18.0 Å². The van der Waals surface area contributed by atoms with Crippen LogP contribution in [0.5, 0.6) is 0 Å². The maximum absolute atomic E-state index is 15.7. The third-order valence-corrected chi connectivity index (χ3v) is 5.95. The molecule has 0 radical (unpaired) electrons. The summed E-state index contributed by atoms with van der Waals surface area (Å²) in [6, 6.07) is 7.60. The predicted molar refractivity (Wildman–Crippen MR) is 133 cm³/mol. The van der Waals surface area contributed by atoms with Crippen LogP contribution in [0.1, 0.15) is 46.7 Å². The Kier molecular flexibility index (Phi) is 6.92. The average molecular weight is 483 g/mol. The van der Waals surface area contributed by atoms with Crippen LogP contribution in [0.25, 0.3) is 22.0 Å². The lowest BCUT2D eigenvalue weighted by Crippen LogP contribution is -2.39. The first-order valence-electron chi connectivity index (χ1n) is 12.0. The van der Waals surface area contributed by atoms with Gasteiger partial charge in [-0.05, 0) is 51.2 Å². The van der Waals surface area contributed by atoms with Crippen LogP contribution >= 0.6 is 0 Å². The highest BCUT2D eigenvalue weighted by Gasteiger charge is 2.24. The Bertz CT molecular complexity index is 1230. The minimum Gasteiger partial charge on any atom is -0.444 e. The second-order valence-corrected chi connectivity index (χ2v) is 10.6. The molecule has 1 N–H and O–H groups in total. The van der Waals surface area contributed by atoms with E-state index in [0.717, 1.165) is 19.5 Å². The van der Waals surface area contributed by atoms with Gasteiger partial charge in [-0.3, -0.25) is 4.98 Å². The Morgan fingerprint density at radius 2 is 1.86 bits per heavy atom. The summed E-state index contributed by atoms with van der Waals surface area (Å²) in [5, 5.41) is 3.56. The Morgan fingerprint density at radius 3 is 2.54 bits per heavy atom. The number of amides is 1. The number of halogens is 2. The molecule has 3 aromatic rings. The predicted octanol–water partition coefficient (Wildman–Crippen LogP) is 6.08. The van der Waals surface area contributed by atoms with E-state index in [1.54, 1.807) is 45.2 Å². The van der Waals surface area contributed by atoms with E-state index >= 15 is 4.39 Å². The topological polar surface area (TPSA) is 67.4 Å². The summed E-state index contributed by atoms with van der Waals surface area (Å²) in [4.78, 5) is 23.0. The second-order valence-electron chi connectivity index (χ2n) is 10.6. The van der Waals surface area contributed by atoms with Gasteiger partial charge >= 0.3 is 6.09 Å². The van der Waals surface area contributed by atoms with Gasteiger partial charge in [0.1, 0.15) is 23.1 Å². The molecule has 3 heterocycles. The van der Waals surface area contributed by atoms with Crippen molar-refractivity contribution in [1.82, 2.24) is 15.3 Å². The number of piperidine rings is 1. The molecular formula is C27H32F2N4O2. The van der Waals surface area contributed by atoms with Crippen molar-refractivity contribution >= 4 is 22.7 Å². The number of fused-ring (bicyclic) bond motifs is 1. The van der Waals surface area contributed by atoms with Gasteiger partial charge in [0.05, 0.1) is 17.9 Å². The average Bonchev–Trinajstić information content (AvgIpc) is 2.76. The van der Waals surface area contributed by atoms with E-state index < -0.39 is 23.3 Å². The zero-order valence-corrected chi connectivity index (χ0v) is 20.9. The summed E-state index contributed by atoms with van der Waals surface area (Å²) >= 11 is 0. The van der Waals surface area contributed by atoms with Crippen molar-refractivity contribution in [3.05, 3.63) is 53.9 Å². The number of aromatic nitrogens is 2. The van der Waals surface area contributed by atoms with Crippen LogP contribution in [0.3, 0.4) is 0 Å². The number of anilines is 1. The molecule has 2 atom stereocenters. The number of rotatable bonds is 4. The maximum atomic E-state index is 15.7. The van der Waals surface area contributed by atoms with Crippen molar-refractivity contribution in [2.24, 2.45) is 11.8 Å². The Morgan fingerprint density at radius 1 is 1.14 bits per heavy atom. The lowest BCUT2D eigenvalue weighted by molar-refractivity contribution is 0.0523. The van der Waals surface area contributed by atoms with Crippen molar-refractivity contribution in [3.8, 4) is 11.3 Å². The Labute approximate surface area is 204 Å². The number of carbonyl (C=O) groups is 1. The van der Waals surface area contributed by atoms with Gasteiger partial charge < -0.3 is 15.0 Å². The quantitative estimate of drug-likeness (QED) is 0.488.